The zero-order valence-corrected chi connectivity index (χ0v) is 20.4. The molecule has 0 saturated carbocycles. The minimum atomic E-state index is -0.671. The van der Waals surface area contributed by atoms with Crippen molar-refractivity contribution < 1.29 is 4.42 Å². The van der Waals surface area contributed by atoms with Crippen molar-refractivity contribution in [3.8, 4) is 10.9 Å². The van der Waals surface area contributed by atoms with Gasteiger partial charge in [0.05, 0.1) is 14.7 Å². The van der Waals surface area contributed by atoms with Gasteiger partial charge in [0.25, 0.3) is 0 Å². The third-order valence-corrected chi connectivity index (χ3v) is 9.70. The second-order valence-corrected chi connectivity index (χ2v) is 11.4. The van der Waals surface area contributed by atoms with E-state index in [0.717, 1.165) is 0 Å². The fourth-order valence-corrected chi connectivity index (χ4v) is 7.96. The first-order valence-electron chi connectivity index (χ1n) is 12.1. The smallest absolute Gasteiger partial charge is 0.108 e. The highest BCUT2D eigenvalue weighted by atomic mass is 28.2. The Morgan fingerprint density at radius 3 is 1.93 bits per heavy atom. The van der Waals surface area contributed by atoms with Crippen LogP contribution in [0.5, 0.6) is 0 Å². The first-order valence-corrected chi connectivity index (χ1v) is 13.8. The number of aryl methyl sites for hydroxylation is 1. The lowest BCUT2D eigenvalue weighted by molar-refractivity contribution is 0.566. The van der Waals surface area contributed by atoms with E-state index >= 15 is 0 Å². The Hall–Kier alpha value is -0.893. The number of hydrogen-bond donors (Lipinski definition) is 0. The standard InChI is InChI=1S/C26H44OSi/c1-6-8-10-12-14-16-18-24-23(5)25-22(4)21(3)20-27-26(25)28(24)19-17-15-13-11-9-7-2/h20H,6-19H2,1-5H3. The summed E-state index contributed by atoms with van der Waals surface area (Å²) in [5, 5.41) is 3.17. The van der Waals surface area contributed by atoms with Crippen molar-refractivity contribution in [3.63, 3.8) is 0 Å². The van der Waals surface area contributed by atoms with Crippen LogP contribution in [0.2, 0.25) is 0 Å². The van der Waals surface area contributed by atoms with Gasteiger partial charge in [0, 0.05) is 5.56 Å². The van der Waals surface area contributed by atoms with Crippen LogP contribution < -0.4 is 0 Å². The van der Waals surface area contributed by atoms with Crippen LogP contribution >= 0.6 is 0 Å². The van der Waals surface area contributed by atoms with Crippen molar-refractivity contribution in [2.75, 3.05) is 0 Å². The van der Waals surface area contributed by atoms with E-state index in [-0.39, 0.29) is 0 Å². The number of unbranched alkanes of at least 4 members (excludes halogenated alkanes) is 10. The Labute approximate surface area is 176 Å². The molecule has 0 aromatic heterocycles. The van der Waals surface area contributed by atoms with Crippen LogP contribution in [0, 0.1) is 20.8 Å². The minimum Gasteiger partial charge on any atom is -0.470 e. The summed E-state index contributed by atoms with van der Waals surface area (Å²) in [6.45, 7) is 11.5. The molecule has 0 aliphatic carbocycles. The molecule has 2 rings (SSSR count). The lowest BCUT2D eigenvalue weighted by atomic mass is 10.0. The van der Waals surface area contributed by atoms with E-state index in [0.29, 0.717) is 0 Å². The largest absolute Gasteiger partial charge is 0.470 e. The summed E-state index contributed by atoms with van der Waals surface area (Å²) in [4.78, 5) is 0. The van der Waals surface area contributed by atoms with Gasteiger partial charge in [-0.1, -0.05) is 89.7 Å². The summed E-state index contributed by atoms with van der Waals surface area (Å²) < 4.78 is 6.25. The van der Waals surface area contributed by atoms with Gasteiger partial charge >= 0.3 is 0 Å². The highest BCUT2D eigenvalue weighted by Gasteiger charge is 2.25. The van der Waals surface area contributed by atoms with Crippen molar-refractivity contribution in [1.82, 2.24) is 0 Å². The Morgan fingerprint density at radius 2 is 1.29 bits per heavy atom. The quantitative estimate of drug-likeness (QED) is 0.228. The molecular formula is C26H44OSi. The van der Waals surface area contributed by atoms with Gasteiger partial charge < -0.3 is 4.42 Å². The van der Waals surface area contributed by atoms with Gasteiger partial charge in [-0.2, -0.15) is 0 Å². The van der Waals surface area contributed by atoms with E-state index < -0.39 is 8.40 Å². The van der Waals surface area contributed by atoms with E-state index in [1.54, 1.807) is 10.7 Å². The van der Waals surface area contributed by atoms with Crippen molar-refractivity contribution >= 4 is 8.40 Å². The van der Waals surface area contributed by atoms with Crippen LogP contribution in [0.1, 0.15) is 113 Å². The van der Waals surface area contributed by atoms with Gasteiger partial charge in [0.15, 0.2) is 0 Å². The predicted octanol–water partition coefficient (Wildman–Crippen LogP) is 8.60. The van der Waals surface area contributed by atoms with Crippen molar-refractivity contribution in [1.29, 1.82) is 0 Å². The fourth-order valence-electron chi connectivity index (χ4n) is 4.62. The average molecular weight is 401 g/mol. The van der Waals surface area contributed by atoms with Gasteiger partial charge in [0.1, 0.15) is 5.37 Å². The third-order valence-electron chi connectivity index (χ3n) is 6.57. The van der Waals surface area contributed by atoms with E-state index in [9.17, 15) is 0 Å². The Balaban J connectivity index is 2.08. The summed E-state index contributed by atoms with van der Waals surface area (Å²) in [5.74, 6) is 0. The van der Waals surface area contributed by atoms with E-state index in [2.05, 4.69) is 34.6 Å². The second kappa shape index (κ2) is 12.6. The van der Waals surface area contributed by atoms with Crippen molar-refractivity contribution in [2.24, 2.45) is 0 Å². The first kappa shape index (κ1) is 23.4. The van der Waals surface area contributed by atoms with Crippen LogP contribution in [0.15, 0.2) is 10.7 Å². The molecule has 2 heteroatoms. The molecule has 28 heavy (non-hydrogen) atoms. The summed E-state index contributed by atoms with van der Waals surface area (Å²) in [5.41, 5.74) is 5.83. The molecule has 0 unspecified atom stereocenters. The van der Waals surface area contributed by atoms with E-state index in [1.165, 1.54) is 112 Å². The molecule has 0 aromatic rings. The van der Waals surface area contributed by atoms with Crippen LogP contribution in [0.3, 0.4) is 0 Å². The van der Waals surface area contributed by atoms with Crippen molar-refractivity contribution in [3.05, 3.63) is 28.1 Å². The van der Waals surface area contributed by atoms with E-state index in [1.807, 2.05) is 6.26 Å². The summed E-state index contributed by atoms with van der Waals surface area (Å²) in [6, 6.07) is 1.37. The Kier molecular flexibility index (Phi) is 10.5. The number of hydrogen-bond acceptors (Lipinski definition) is 1. The maximum Gasteiger partial charge on any atom is 0.108 e. The molecule has 0 saturated heterocycles. The fraction of sp³-hybridized carbons (Fsp3) is 0.731. The van der Waals surface area contributed by atoms with Gasteiger partial charge in [-0.25, -0.2) is 0 Å². The molecule has 0 radical (unpaired) electrons. The minimum absolute atomic E-state index is 0.671. The van der Waals surface area contributed by atoms with Crippen LogP contribution in [0.25, 0.3) is 10.9 Å². The molecule has 0 fully saturated rings. The predicted molar refractivity (Wildman–Crippen MR) is 126 cm³/mol. The van der Waals surface area contributed by atoms with Gasteiger partial charge in [0.2, 0.25) is 0 Å². The van der Waals surface area contributed by atoms with Gasteiger partial charge in [-0.15, -0.1) is 0 Å². The maximum atomic E-state index is 6.25. The van der Waals surface area contributed by atoms with Crippen LogP contribution in [0.4, 0.5) is 0 Å². The van der Waals surface area contributed by atoms with Gasteiger partial charge in [-0.3, -0.25) is 0 Å². The molecule has 1 nitrogen and oxygen atoms in total. The van der Waals surface area contributed by atoms with Crippen molar-refractivity contribution in [2.45, 2.75) is 124 Å². The molecule has 2 aliphatic rings. The maximum absolute atomic E-state index is 6.25. The molecule has 0 aromatic carbocycles. The number of fused-ring (bicyclic) bond motifs is 1. The zero-order valence-electron chi connectivity index (χ0n) is 19.4. The molecule has 0 amide bonds. The monoisotopic (exact) mass is 400 g/mol. The zero-order chi connectivity index (χ0) is 20.4. The highest BCUT2D eigenvalue weighted by molar-refractivity contribution is 6.61. The lowest BCUT2D eigenvalue weighted by Gasteiger charge is -2.09. The molecule has 0 atom stereocenters. The van der Waals surface area contributed by atoms with E-state index in [4.69, 9.17) is 4.42 Å². The molecule has 2 aliphatic heterocycles. The first-order chi connectivity index (χ1) is 13.6. The molecule has 0 N–H and O–H groups in total. The summed E-state index contributed by atoms with van der Waals surface area (Å²) >= 11 is 0. The lowest BCUT2D eigenvalue weighted by Crippen LogP contribution is -2.07. The SMILES string of the molecule is CCCCCCCCc1c(C)c2c(C)c(C)coc-2[si]1CCCCCCCC. The topological polar surface area (TPSA) is 13.1 Å². The molecule has 158 valence electrons. The third kappa shape index (κ3) is 6.30. The summed E-state index contributed by atoms with van der Waals surface area (Å²) in [6.07, 6.45) is 20.0. The Morgan fingerprint density at radius 1 is 0.714 bits per heavy atom. The van der Waals surface area contributed by atoms with Gasteiger partial charge in [-0.05, 0) is 56.3 Å². The van der Waals surface area contributed by atoms with Crippen LogP contribution in [-0.2, 0) is 12.5 Å². The normalized spacial score (nSPS) is 11.6. The van der Waals surface area contributed by atoms with Crippen LogP contribution in [-0.4, -0.2) is 8.40 Å². The summed E-state index contributed by atoms with van der Waals surface area (Å²) in [7, 11) is -0.671. The Bertz CT molecular complexity index is 670. The number of rotatable bonds is 14. The molecule has 0 spiro atoms. The molecular weight excluding hydrogens is 356 g/mol. The average Bonchev–Trinajstić information content (AvgIpc) is 2.96. The molecule has 0 bridgehead atoms. The second-order valence-electron chi connectivity index (χ2n) is 8.87. The highest BCUT2D eigenvalue weighted by Crippen LogP contribution is 2.36. The molecule has 2 heterocycles.